The Labute approximate surface area is 250 Å². The number of rotatable bonds is 9. The molecular weight excluding hydrogens is 552 g/mol. The topological polar surface area (TPSA) is 108 Å². The van der Waals surface area contributed by atoms with Gasteiger partial charge in [0.2, 0.25) is 10.0 Å². The third-order valence-corrected chi connectivity index (χ3v) is 11.0. The van der Waals surface area contributed by atoms with Crippen LogP contribution in [0.15, 0.2) is 36.7 Å². The Hall–Kier alpha value is -2.76. The van der Waals surface area contributed by atoms with E-state index in [9.17, 15) is 13.2 Å². The van der Waals surface area contributed by atoms with Gasteiger partial charge < -0.3 is 19.9 Å². The molecule has 2 saturated heterocycles. The lowest BCUT2D eigenvalue weighted by molar-refractivity contribution is 0.0540. The van der Waals surface area contributed by atoms with Gasteiger partial charge in [0.1, 0.15) is 6.33 Å². The molecule has 1 N–H and O–H groups in total. The maximum Gasteiger partial charge on any atom is 0.276 e. The van der Waals surface area contributed by atoms with Crippen LogP contribution in [0.1, 0.15) is 73.3 Å². The van der Waals surface area contributed by atoms with Gasteiger partial charge in [0.05, 0.1) is 13.4 Å². The predicted molar refractivity (Wildman–Crippen MR) is 164 cm³/mol. The third-order valence-electron chi connectivity index (χ3n) is 9.63. The van der Waals surface area contributed by atoms with Crippen molar-refractivity contribution in [2.45, 2.75) is 69.4 Å². The molecule has 1 saturated carbocycles. The van der Waals surface area contributed by atoms with Crippen molar-refractivity contribution in [3.05, 3.63) is 47.9 Å². The largest absolute Gasteiger partial charge is 0.491 e. The zero-order valence-electron chi connectivity index (χ0n) is 25.2. The van der Waals surface area contributed by atoms with E-state index in [0.29, 0.717) is 48.2 Å². The molecule has 3 fully saturated rings. The van der Waals surface area contributed by atoms with Crippen LogP contribution in [0.25, 0.3) is 0 Å². The lowest BCUT2D eigenvalue weighted by Gasteiger charge is -2.43. The van der Waals surface area contributed by atoms with Gasteiger partial charge in [0, 0.05) is 38.8 Å². The number of hydrogen-bond acceptors (Lipinski definition) is 8. The highest BCUT2D eigenvalue weighted by atomic mass is 32.2. The number of nitrogens with one attached hydrogen (secondary N) is 1. The number of methoxy groups -OCH3 is 1. The first-order valence-corrected chi connectivity index (χ1v) is 17.2. The molecule has 1 aliphatic carbocycles. The van der Waals surface area contributed by atoms with Crippen molar-refractivity contribution in [3.63, 3.8) is 0 Å². The van der Waals surface area contributed by atoms with Gasteiger partial charge in [0.15, 0.2) is 17.3 Å². The van der Waals surface area contributed by atoms with Crippen LogP contribution in [0, 0.1) is 5.92 Å². The fourth-order valence-corrected chi connectivity index (χ4v) is 7.81. The minimum atomic E-state index is -3.17. The molecule has 2 aromatic rings. The number of hydrogen-bond donors (Lipinski definition) is 1. The Balaban J connectivity index is 1.14. The lowest BCUT2D eigenvalue weighted by Crippen LogP contribution is -2.52. The van der Waals surface area contributed by atoms with Crippen LogP contribution in [-0.4, -0.2) is 104 Å². The van der Waals surface area contributed by atoms with Gasteiger partial charge in [-0.2, -0.15) is 0 Å². The molecule has 10 nitrogen and oxygen atoms in total. The van der Waals surface area contributed by atoms with Crippen molar-refractivity contribution in [3.8, 4) is 5.75 Å². The molecule has 0 spiro atoms. The minimum absolute atomic E-state index is 0.0642. The number of nitrogens with zero attached hydrogens (tertiary/aromatic N) is 5. The van der Waals surface area contributed by atoms with Gasteiger partial charge in [-0.1, -0.05) is 36.8 Å². The Kier molecular flexibility index (Phi) is 10.0. The van der Waals surface area contributed by atoms with Crippen LogP contribution in [0.5, 0.6) is 5.75 Å². The molecule has 2 atom stereocenters. The number of benzene rings is 1. The van der Waals surface area contributed by atoms with Gasteiger partial charge in [-0.05, 0) is 75.4 Å². The summed E-state index contributed by atoms with van der Waals surface area (Å²) in [5.74, 6) is 1.98. The van der Waals surface area contributed by atoms with Gasteiger partial charge in [0.25, 0.3) is 5.91 Å². The first-order chi connectivity index (χ1) is 20.2. The van der Waals surface area contributed by atoms with Gasteiger partial charge >= 0.3 is 0 Å². The molecule has 1 aromatic heterocycles. The van der Waals surface area contributed by atoms with Crippen molar-refractivity contribution in [2.75, 3.05) is 58.5 Å². The number of amides is 1. The standard InChI is InChI=1S/C31H46N6O4S/c1-35(42(3,39)40)26-12-16-36(17-13-26)27-14-18-37(19-15-27)31(38)28-29(41-2)30(34-22-33-28)32-21-23-8-7-11-25(20-23)24-9-5-4-6-10-24/h4-6,9-10,22-23,25-27H,7-8,11-21H2,1-3H3,(H,32,33,34)/t23-,25+/m0/s1. The Morgan fingerprint density at radius 3 is 2.40 bits per heavy atom. The monoisotopic (exact) mass is 598 g/mol. The molecule has 11 heteroatoms. The van der Waals surface area contributed by atoms with Crippen LogP contribution in [0.2, 0.25) is 0 Å². The Morgan fingerprint density at radius 1 is 1.02 bits per heavy atom. The number of likely N-dealkylation sites (tertiary alicyclic amines) is 2. The van der Waals surface area contributed by atoms with Crippen LogP contribution in [0.3, 0.4) is 0 Å². The molecule has 2 aliphatic heterocycles. The minimum Gasteiger partial charge on any atom is -0.491 e. The van der Waals surface area contributed by atoms with Crippen LogP contribution < -0.4 is 10.1 Å². The van der Waals surface area contributed by atoms with E-state index < -0.39 is 10.0 Å². The number of ether oxygens (including phenoxy) is 1. The second kappa shape index (κ2) is 13.7. The highest BCUT2D eigenvalue weighted by Gasteiger charge is 2.34. The molecule has 0 bridgehead atoms. The summed E-state index contributed by atoms with van der Waals surface area (Å²) in [6, 6.07) is 11.2. The van der Waals surface area contributed by atoms with Gasteiger partial charge in [-0.25, -0.2) is 22.7 Å². The molecule has 1 aromatic carbocycles. The number of sulfonamides is 1. The molecule has 42 heavy (non-hydrogen) atoms. The summed E-state index contributed by atoms with van der Waals surface area (Å²) in [5, 5.41) is 3.48. The fraction of sp³-hybridized carbons (Fsp3) is 0.645. The van der Waals surface area contributed by atoms with E-state index in [1.165, 1.54) is 41.7 Å². The van der Waals surface area contributed by atoms with E-state index in [0.717, 1.165) is 51.7 Å². The maximum absolute atomic E-state index is 13.6. The third kappa shape index (κ3) is 7.23. The van der Waals surface area contributed by atoms with Crippen LogP contribution in [0.4, 0.5) is 5.82 Å². The number of aromatic nitrogens is 2. The molecular formula is C31H46N6O4S. The molecule has 5 rings (SSSR count). The molecule has 1 amide bonds. The van der Waals surface area contributed by atoms with E-state index in [1.807, 2.05) is 4.90 Å². The fourth-order valence-electron chi connectivity index (χ4n) is 7.06. The molecule has 0 radical (unpaired) electrons. The first-order valence-electron chi connectivity index (χ1n) is 15.4. The van der Waals surface area contributed by atoms with Crippen molar-refractivity contribution < 1.29 is 17.9 Å². The lowest BCUT2D eigenvalue weighted by atomic mass is 9.78. The van der Waals surface area contributed by atoms with E-state index in [2.05, 4.69) is 50.5 Å². The second-order valence-corrected chi connectivity index (χ2v) is 14.2. The highest BCUT2D eigenvalue weighted by Crippen LogP contribution is 2.37. The number of carbonyl (C=O) groups is 1. The summed E-state index contributed by atoms with van der Waals surface area (Å²) in [4.78, 5) is 26.7. The predicted octanol–water partition coefficient (Wildman–Crippen LogP) is 3.83. The van der Waals surface area contributed by atoms with Gasteiger partial charge in [-0.3, -0.25) is 4.79 Å². The molecule has 0 unspecified atom stereocenters. The zero-order valence-corrected chi connectivity index (χ0v) is 26.1. The average molecular weight is 599 g/mol. The maximum atomic E-state index is 13.6. The summed E-state index contributed by atoms with van der Waals surface area (Å²) in [6.07, 6.45) is 10.9. The zero-order chi connectivity index (χ0) is 29.7. The molecule has 230 valence electrons. The van der Waals surface area contributed by atoms with Crippen LogP contribution in [-0.2, 0) is 10.0 Å². The smallest absolute Gasteiger partial charge is 0.276 e. The Morgan fingerprint density at radius 2 is 1.74 bits per heavy atom. The van der Waals surface area contributed by atoms with E-state index in [4.69, 9.17) is 4.74 Å². The molecule has 3 heterocycles. The van der Waals surface area contributed by atoms with Crippen molar-refractivity contribution in [1.29, 1.82) is 0 Å². The summed E-state index contributed by atoms with van der Waals surface area (Å²) in [7, 11) is 0.0792. The van der Waals surface area contributed by atoms with Crippen molar-refractivity contribution in [1.82, 2.24) is 24.1 Å². The van der Waals surface area contributed by atoms with Crippen molar-refractivity contribution in [2.24, 2.45) is 5.92 Å². The summed E-state index contributed by atoms with van der Waals surface area (Å²) in [6.45, 7) is 3.86. The normalized spacial score (nSPS) is 23.2. The number of piperidine rings is 2. The number of carbonyl (C=O) groups excluding carboxylic acids is 1. The first kappa shape index (κ1) is 30.7. The van der Waals surface area contributed by atoms with Crippen molar-refractivity contribution >= 4 is 21.7 Å². The van der Waals surface area contributed by atoms with Gasteiger partial charge in [-0.15, -0.1) is 0 Å². The SMILES string of the molecule is COc1c(NC[C@H]2CCC[C@@H](c3ccccc3)C2)ncnc1C(=O)N1CCC(N2CCC(N(C)S(C)(=O)=O)CC2)CC1. The Bertz CT molecular complexity index is 1290. The number of anilines is 1. The second-order valence-electron chi connectivity index (χ2n) is 12.2. The van der Waals surface area contributed by atoms with Crippen LogP contribution >= 0.6 is 0 Å². The summed E-state index contributed by atoms with van der Waals surface area (Å²) < 4.78 is 31.1. The summed E-state index contributed by atoms with van der Waals surface area (Å²) >= 11 is 0. The average Bonchev–Trinajstić information content (AvgIpc) is 3.03. The van der Waals surface area contributed by atoms with E-state index in [-0.39, 0.29) is 11.9 Å². The summed E-state index contributed by atoms with van der Waals surface area (Å²) in [5.41, 5.74) is 1.73. The highest BCUT2D eigenvalue weighted by molar-refractivity contribution is 7.88. The van der Waals surface area contributed by atoms with E-state index in [1.54, 1.807) is 14.2 Å². The quantitative estimate of drug-likeness (QED) is 0.464. The molecule has 3 aliphatic rings. The van der Waals surface area contributed by atoms with E-state index >= 15 is 0 Å².